The Hall–Kier alpha value is -2.50. The van der Waals surface area contributed by atoms with Crippen LogP contribution in [0.1, 0.15) is 26.3 Å². The van der Waals surface area contributed by atoms with Crippen molar-refractivity contribution in [3.05, 3.63) is 42.5 Å². The molecule has 2 heterocycles. The predicted octanol–water partition coefficient (Wildman–Crippen LogP) is 2.39. The minimum Gasteiger partial charge on any atom is -0.454 e. The third kappa shape index (κ3) is 3.88. The zero-order chi connectivity index (χ0) is 17.2. The van der Waals surface area contributed by atoms with Gasteiger partial charge in [-0.2, -0.15) is 0 Å². The fourth-order valence-corrected chi connectivity index (χ4v) is 2.62. The Morgan fingerprint density at radius 2 is 2.12 bits per heavy atom. The van der Waals surface area contributed by atoms with Crippen LogP contribution >= 0.6 is 0 Å². The molecule has 1 aliphatic rings. The number of amides is 1. The molecular formula is C18H23N3O3. The van der Waals surface area contributed by atoms with Crippen LogP contribution in [0.15, 0.2) is 36.9 Å². The van der Waals surface area contributed by atoms with Gasteiger partial charge in [0.05, 0.1) is 18.8 Å². The quantitative estimate of drug-likeness (QED) is 0.915. The van der Waals surface area contributed by atoms with Crippen molar-refractivity contribution in [2.75, 3.05) is 6.79 Å². The number of carbonyl (C=O) groups excluding carboxylic acids is 1. The normalized spacial score (nSPS) is 14.5. The summed E-state index contributed by atoms with van der Waals surface area (Å²) in [5.41, 5.74) is 0.849. The van der Waals surface area contributed by atoms with Crippen molar-refractivity contribution in [3.8, 4) is 11.5 Å². The van der Waals surface area contributed by atoms with Gasteiger partial charge in [0.15, 0.2) is 11.5 Å². The molecule has 1 aromatic heterocycles. The van der Waals surface area contributed by atoms with Gasteiger partial charge in [-0.3, -0.25) is 4.79 Å². The lowest BCUT2D eigenvalue weighted by atomic mass is 9.86. The van der Waals surface area contributed by atoms with Gasteiger partial charge < -0.3 is 19.4 Å². The molecule has 0 saturated heterocycles. The molecule has 0 saturated carbocycles. The monoisotopic (exact) mass is 329 g/mol. The summed E-state index contributed by atoms with van der Waals surface area (Å²) in [6.45, 7) is 7.29. The highest BCUT2D eigenvalue weighted by atomic mass is 16.7. The average Bonchev–Trinajstić information content (AvgIpc) is 3.16. The van der Waals surface area contributed by atoms with Crippen LogP contribution in [0, 0.1) is 5.41 Å². The summed E-state index contributed by atoms with van der Waals surface area (Å²) >= 11 is 0. The average molecular weight is 329 g/mol. The molecule has 0 aliphatic carbocycles. The second kappa shape index (κ2) is 6.55. The van der Waals surface area contributed by atoms with Gasteiger partial charge in [0, 0.05) is 18.9 Å². The van der Waals surface area contributed by atoms with Crippen molar-refractivity contribution in [1.29, 1.82) is 0 Å². The Morgan fingerprint density at radius 1 is 1.33 bits per heavy atom. The molecule has 1 aliphatic heterocycles. The van der Waals surface area contributed by atoms with Gasteiger partial charge in [0.1, 0.15) is 0 Å². The van der Waals surface area contributed by atoms with E-state index in [4.69, 9.17) is 9.47 Å². The van der Waals surface area contributed by atoms with Gasteiger partial charge >= 0.3 is 0 Å². The minimum absolute atomic E-state index is 0.00564. The smallest absolute Gasteiger partial charge is 0.231 e. The summed E-state index contributed by atoms with van der Waals surface area (Å²) in [5.74, 6) is 1.42. The number of aromatic nitrogens is 2. The summed E-state index contributed by atoms with van der Waals surface area (Å²) in [6, 6.07) is 5.62. The van der Waals surface area contributed by atoms with Crippen LogP contribution in [0.4, 0.5) is 0 Å². The van der Waals surface area contributed by atoms with E-state index in [1.165, 1.54) is 0 Å². The molecule has 1 unspecified atom stereocenters. The Balaban J connectivity index is 1.65. The second-order valence-electron chi connectivity index (χ2n) is 7.11. The summed E-state index contributed by atoms with van der Waals surface area (Å²) in [5, 5.41) is 3.15. The van der Waals surface area contributed by atoms with E-state index in [2.05, 4.69) is 31.1 Å². The van der Waals surface area contributed by atoms with Crippen LogP contribution in [-0.2, 0) is 17.8 Å². The summed E-state index contributed by atoms with van der Waals surface area (Å²) in [7, 11) is 0. The number of hydrogen-bond acceptors (Lipinski definition) is 4. The lowest BCUT2D eigenvalue weighted by molar-refractivity contribution is -0.122. The number of carbonyl (C=O) groups is 1. The van der Waals surface area contributed by atoms with E-state index in [9.17, 15) is 4.79 Å². The summed E-state index contributed by atoms with van der Waals surface area (Å²) < 4.78 is 12.6. The van der Waals surface area contributed by atoms with Crippen LogP contribution in [0.2, 0.25) is 0 Å². The van der Waals surface area contributed by atoms with E-state index >= 15 is 0 Å². The van der Waals surface area contributed by atoms with Crippen molar-refractivity contribution in [3.63, 3.8) is 0 Å². The van der Waals surface area contributed by atoms with Crippen molar-refractivity contribution < 1.29 is 14.3 Å². The van der Waals surface area contributed by atoms with Gasteiger partial charge in [0.2, 0.25) is 12.7 Å². The number of hydrogen-bond donors (Lipinski definition) is 1. The summed E-state index contributed by atoms with van der Waals surface area (Å²) in [6.07, 6.45) is 5.73. The number of rotatable bonds is 5. The van der Waals surface area contributed by atoms with Crippen molar-refractivity contribution in [1.82, 2.24) is 14.9 Å². The lowest BCUT2D eigenvalue weighted by Crippen LogP contribution is -2.46. The Kier molecular flexibility index (Phi) is 4.46. The van der Waals surface area contributed by atoms with E-state index in [1.54, 1.807) is 12.5 Å². The van der Waals surface area contributed by atoms with E-state index in [1.807, 2.05) is 29.0 Å². The molecule has 1 N–H and O–H groups in total. The first-order valence-corrected chi connectivity index (χ1v) is 8.05. The maximum Gasteiger partial charge on any atom is 0.231 e. The molecule has 3 rings (SSSR count). The van der Waals surface area contributed by atoms with Gasteiger partial charge in [-0.25, -0.2) is 4.98 Å². The third-order valence-electron chi connectivity index (χ3n) is 4.13. The first kappa shape index (κ1) is 16.4. The molecular weight excluding hydrogens is 306 g/mol. The lowest BCUT2D eigenvalue weighted by Gasteiger charge is -2.31. The molecule has 0 fully saturated rings. The first-order valence-electron chi connectivity index (χ1n) is 8.05. The largest absolute Gasteiger partial charge is 0.454 e. The molecule has 128 valence electrons. The first-order chi connectivity index (χ1) is 11.4. The topological polar surface area (TPSA) is 65.4 Å². The highest BCUT2D eigenvalue weighted by Gasteiger charge is 2.26. The third-order valence-corrected chi connectivity index (χ3v) is 4.13. The number of imidazole rings is 1. The van der Waals surface area contributed by atoms with E-state index in [-0.39, 0.29) is 24.2 Å². The number of fused-ring (bicyclic) bond motifs is 1. The second-order valence-corrected chi connectivity index (χ2v) is 7.11. The molecule has 1 aromatic carbocycles. The van der Waals surface area contributed by atoms with E-state index < -0.39 is 0 Å². The molecule has 0 spiro atoms. The molecule has 2 aromatic rings. The number of ether oxygens (including phenoxy) is 2. The molecule has 1 amide bonds. The fraction of sp³-hybridized carbons (Fsp3) is 0.444. The molecule has 6 heteroatoms. The van der Waals surface area contributed by atoms with Crippen LogP contribution in [0.25, 0.3) is 0 Å². The molecule has 0 radical (unpaired) electrons. The number of nitrogens with one attached hydrogen (secondary N) is 1. The molecule has 24 heavy (non-hydrogen) atoms. The van der Waals surface area contributed by atoms with Crippen molar-refractivity contribution >= 4 is 5.91 Å². The van der Waals surface area contributed by atoms with E-state index in [0.29, 0.717) is 18.7 Å². The zero-order valence-corrected chi connectivity index (χ0v) is 14.3. The number of benzene rings is 1. The fourth-order valence-electron chi connectivity index (χ4n) is 2.62. The number of nitrogens with zero attached hydrogens (tertiary/aromatic N) is 2. The Labute approximate surface area is 141 Å². The van der Waals surface area contributed by atoms with Crippen LogP contribution in [0.3, 0.4) is 0 Å². The maximum absolute atomic E-state index is 12.5. The van der Waals surface area contributed by atoms with Crippen LogP contribution < -0.4 is 14.8 Å². The molecule has 6 nitrogen and oxygen atoms in total. The van der Waals surface area contributed by atoms with Crippen molar-refractivity contribution in [2.45, 2.75) is 39.8 Å². The molecule has 1 atom stereocenters. The SMILES string of the molecule is CC(C)(C)C(Cn1ccnc1)NC(=O)Cc1ccc2c(c1)OCO2. The van der Waals surface area contributed by atoms with Gasteiger partial charge in [-0.15, -0.1) is 0 Å². The highest BCUT2D eigenvalue weighted by Crippen LogP contribution is 2.32. The predicted molar refractivity (Wildman–Crippen MR) is 89.9 cm³/mol. The maximum atomic E-state index is 12.5. The Morgan fingerprint density at radius 3 is 2.83 bits per heavy atom. The molecule has 0 bridgehead atoms. The summed E-state index contributed by atoms with van der Waals surface area (Å²) in [4.78, 5) is 16.6. The standard InChI is InChI=1S/C18H23N3O3/c1-18(2,3)16(10-21-7-6-19-11-21)20-17(22)9-13-4-5-14-15(8-13)24-12-23-14/h4-8,11,16H,9-10,12H2,1-3H3,(H,20,22). The van der Waals surface area contributed by atoms with Gasteiger partial charge in [-0.1, -0.05) is 26.8 Å². The highest BCUT2D eigenvalue weighted by molar-refractivity contribution is 5.79. The zero-order valence-electron chi connectivity index (χ0n) is 14.3. The minimum atomic E-state index is -0.0607. The Bertz CT molecular complexity index is 705. The van der Waals surface area contributed by atoms with Crippen LogP contribution in [0.5, 0.6) is 11.5 Å². The van der Waals surface area contributed by atoms with Gasteiger partial charge in [0.25, 0.3) is 0 Å². The van der Waals surface area contributed by atoms with E-state index in [0.717, 1.165) is 11.3 Å². The van der Waals surface area contributed by atoms with Gasteiger partial charge in [-0.05, 0) is 23.1 Å². The van der Waals surface area contributed by atoms with Crippen molar-refractivity contribution in [2.24, 2.45) is 5.41 Å². The van der Waals surface area contributed by atoms with Crippen LogP contribution in [-0.4, -0.2) is 28.3 Å².